The number of carbonyl (C=O) groups is 1. The zero-order valence-corrected chi connectivity index (χ0v) is 14.2. The highest BCUT2D eigenvalue weighted by molar-refractivity contribution is 5.94. The van der Waals surface area contributed by atoms with Crippen molar-refractivity contribution in [3.05, 3.63) is 48.5 Å². The Morgan fingerprint density at radius 1 is 1.30 bits per heavy atom. The number of aromatic nitrogens is 2. The van der Waals surface area contributed by atoms with Gasteiger partial charge in [-0.3, -0.25) is 4.79 Å². The molecule has 8 heteroatoms. The van der Waals surface area contributed by atoms with Crippen LogP contribution in [0.25, 0.3) is 16.8 Å². The number of benzene rings is 1. The van der Waals surface area contributed by atoms with Crippen molar-refractivity contribution in [2.75, 3.05) is 18.6 Å². The van der Waals surface area contributed by atoms with E-state index in [1.54, 1.807) is 41.1 Å². The lowest BCUT2D eigenvalue weighted by atomic mass is 10.1. The number of fused-ring (bicyclic) bond motifs is 1. The minimum absolute atomic E-state index is 0.0223. The maximum absolute atomic E-state index is 14.1. The monoisotopic (exact) mass is 374 g/mol. The van der Waals surface area contributed by atoms with Crippen LogP contribution in [0.15, 0.2) is 42.7 Å². The van der Waals surface area contributed by atoms with E-state index in [0.717, 1.165) is 0 Å². The largest absolute Gasteiger partial charge is 0.487 e. The van der Waals surface area contributed by atoms with E-state index in [2.05, 4.69) is 10.3 Å². The fraction of sp³-hybridized carbons (Fsp3) is 0.263. The predicted molar refractivity (Wildman–Crippen MR) is 93.7 cm³/mol. The molecule has 5 nitrogen and oxygen atoms in total. The summed E-state index contributed by atoms with van der Waals surface area (Å²) in [5.74, 6) is -1.29. The molecule has 0 unspecified atom stereocenters. The summed E-state index contributed by atoms with van der Waals surface area (Å²) in [4.78, 5) is 16.1. The van der Waals surface area contributed by atoms with Gasteiger partial charge < -0.3 is 14.5 Å². The highest BCUT2D eigenvalue weighted by Gasteiger charge is 2.43. The number of para-hydroxylation sites is 1. The molecule has 1 aliphatic carbocycles. The van der Waals surface area contributed by atoms with Crippen molar-refractivity contribution in [2.24, 2.45) is 5.92 Å². The van der Waals surface area contributed by atoms with Crippen LogP contribution in [0.1, 0.15) is 6.42 Å². The molecule has 0 radical (unpaired) electrons. The average Bonchev–Trinajstić information content (AvgIpc) is 3.25. The summed E-state index contributed by atoms with van der Waals surface area (Å²) in [7, 11) is 0. The lowest BCUT2D eigenvalue weighted by molar-refractivity contribution is -0.117. The molecule has 2 heterocycles. The first-order chi connectivity index (χ1) is 13.1. The number of nitrogens with zero attached hydrogens (tertiary/aromatic N) is 2. The van der Waals surface area contributed by atoms with Crippen LogP contribution in [0.2, 0.25) is 0 Å². The van der Waals surface area contributed by atoms with E-state index in [1.165, 1.54) is 6.07 Å². The average molecular weight is 374 g/mol. The molecule has 140 valence electrons. The summed E-state index contributed by atoms with van der Waals surface area (Å²) in [5.41, 5.74) is 1.67. The van der Waals surface area contributed by atoms with E-state index in [0.29, 0.717) is 22.6 Å². The van der Waals surface area contributed by atoms with Gasteiger partial charge in [-0.15, -0.1) is 0 Å². The van der Waals surface area contributed by atoms with Gasteiger partial charge in [0.1, 0.15) is 25.1 Å². The van der Waals surface area contributed by atoms with Gasteiger partial charge >= 0.3 is 0 Å². The standard InChI is InChI=1S/C19H16F3N3O2/c20-6-7-27-18-12(2-1-3-14(18)21)11-4-5-17-23-16(10-25(17)9-11)24-19(26)13-8-15(13)22/h1-5,9-10,13,15H,6-8H2,(H,24,26)/t13-,15+/m1/s1/i20-1. The number of hydrogen-bond donors (Lipinski definition) is 1. The number of imidazole rings is 1. The van der Waals surface area contributed by atoms with Gasteiger partial charge in [0, 0.05) is 17.3 Å². The Bertz CT molecular complexity index is 1010. The highest BCUT2D eigenvalue weighted by Crippen LogP contribution is 2.35. The molecule has 1 fully saturated rings. The number of anilines is 1. The molecule has 1 saturated carbocycles. The summed E-state index contributed by atoms with van der Waals surface area (Å²) < 4.78 is 46.4. The fourth-order valence-corrected chi connectivity index (χ4v) is 2.89. The lowest BCUT2D eigenvalue weighted by Gasteiger charge is -2.11. The van der Waals surface area contributed by atoms with Crippen LogP contribution in [-0.2, 0) is 4.79 Å². The van der Waals surface area contributed by atoms with Crippen LogP contribution in [-0.4, -0.2) is 34.7 Å². The van der Waals surface area contributed by atoms with E-state index in [9.17, 15) is 18.0 Å². The van der Waals surface area contributed by atoms with E-state index >= 15 is 0 Å². The SMILES string of the molecule is O=C(Nc1cn2cc(-c3cccc(F)c3OCC[18F])ccc2n1)[C@@H]1C[C@@H]1F. The summed E-state index contributed by atoms with van der Waals surface area (Å²) >= 11 is 0. The summed E-state index contributed by atoms with van der Waals surface area (Å²) in [6, 6.07) is 7.88. The second-order valence-electron chi connectivity index (χ2n) is 6.31. The maximum Gasteiger partial charge on any atom is 0.231 e. The number of hydrogen-bond acceptors (Lipinski definition) is 3. The Labute approximate surface area is 152 Å². The van der Waals surface area contributed by atoms with Gasteiger partial charge in [-0.1, -0.05) is 12.1 Å². The van der Waals surface area contributed by atoms with E-state index in [1.807, 2.05) is 0 Å². The van der Waals surface area contributed by atoms with Crippen molar-refractivity contribution < 1.29 is 22.7 Å². The van der Waals surface area contributed by atoms with Crippen molar-refractivity contribution in [2.45, 2.75) is 12.6 Å². The summed E-state index contributed by atoms with van der Waals surface area (Å²) in [5, 5.41) is 2.59. The lowest BCUT2D eigenvalue weighted by Crippen LogP contribution is -2.15. The number of halogens is 3. The number of carbonyl (C=O) groups excluding carboxylic acids is 1. The van der Waals surface area contributed by atoms with E-state index in [-0.39, 0.29) is 18.8 Å². The Kier molecular flexibility index (Phi) is 4.47. The molecule has 1 N–H and O–H groups in total. The van der Waals surface area contributed by atoms with Gasteiger partial charge in [0.2, 0.25) is 5.91 Å². The van der Waals surface area contributed by atoms with Crippen molar-refractivity contribution in [1.82, 2.24) is 9.38 Å². The van der Waals surface area contributed by atoms with Gasteiger partial charge in [-0.05, 0) is 24.6 Å². The molecule has 0 saturated heterocycles. The molecule has 1 aliphatic rings. The van der Waals surface area contributed by atoms with Gasteiger partial charge in [0.05, 0.1) is 12.1 Å². The molecule has 3 aromatic rings. The molecule has 0 bridgehead atoms. The summed E-state index contributed by atoms with van der Waals surface area (Å²) in [6.07, 6.45) is 2.45. The number of pyridine rings is 1. The van der Waals surface area contributed by atoms with Crippen molar-refractivity contribution >= 4 is 17.4 Å². The Morgan fingerprint density at radius 2 is 2.11 bits per heavy atom. The molecular weight excluding hydrogens is 358 g/mol. The van der Waals surface area contributed by atoms with Crippen LogP contribution in [0.3, 0.4) is 0 Å². The third-order valence-corrected chi connectivity index (χ3v) is 4.35. The quantitative estimate of drug-likeness (QED) is 0.714. The van der Waals surface area contributed by atoms with Crippen molar-refractivity contribution in [1.29, 1.82) is 0 Å². The normalized spacial score (nSPS) is 18.5. The molecule has 2 atom stereocenters. The second kappa shape index (κ2) is 6.94. The molecule has 1 amide bonds. The zero-order valence-electron chi connectivity index (χ0n) is 14.2. The van der Waals surface area contributed by atoms with Crippen LogP contribution in [0.4, 0.5) is 19.0 Å². The number of nitrogens with one attached hydrogen (secondary N) is 1. The summed E-state index contributed by atoms with van der Waals surface area (Å²) in [6.45, 7) is -0.966. The fourth-order valence-electron chi connectivity index (χ4n) is 2.89. The first-order valence-electron chi connectivity index (χ1n) is 8.48. The minimum atomic E-state index is -1.08. The van der Waals surface area contributed by atoms with Gasteiger partial charge in [-0.2, -0.15) is 0 Å². The molecule has 0 aliphatic heterocycles. The van der Waals surface area contributed by atoms with Gasteiger partial charge in [0.25, 0.3) is 0 Å². The molecular formula is C19H16F3N3O2. The van der Waals surface area contributed by atoms with Crippen LogP contribution >= 0.6 is 0 Å². The molecule has 1 aromatic carbocycles. The first-order valence-corrected chi connectivity index (χ1v) is 8.48. The molecule has 2 aromatic heterocycles. The van der Waals surface area contributed by atoms with Gasteiger partial charge in [-0.25, -0.2) is 18.2 Å². The number of rotatable bonds is 6. The van der Waals surface area contributed by atoms with E-state index in [4.69, 9.17) is 4.74 Å². The second-order valence-corrected chi connectivity index (χ2v) is 6.31. The number of alkyl halides is 2. The third kappa shape index (κ3) is 3.47. The molecule has 4 rings (SSSR count). The van der Waals surface area contributed by atoms with Crippen LogP contribution in [0.5, 0.6) is 5.75 Å². The first kappa shape index (κ1) is 17.4. The van der Waals surface area contributed by atoms with Crippen LogP contribution < -0.4 is 10.1 Å². The highest BCUT2D eigenvalue weighted by atomic mass is 19.1. The minimum Gasteiger partial charge on any atom is -0.487 e. The Hall–Kier alpha value is -3.03. The Balaban J connectivity index is 1.64. The molecule has 27 heavy (non-hydrogen) atoms. The van der Waals surface area contributed by atoms with E-state index < -0.39 is 30.5 Å². The van der Waals surface area contributed by atoms with Crippen LogP contribution in [0, 0.1) is 11.7 Å². The van der Waals surface area contributed by atoms with Crippen molar-refractivity contribution in [3.8, 4) is 16.9 Å². The van der Waals surface area contributed by atoms with Gasteiger partial charge in [0.15, 0.2) is 17.4 Å². The zero-order chi connectivity index (χ0) is 19.0. The number of ether oxygens (including phenoxy) is 1. The Morgan fingerprint density at radius 3 is 2.85 bits per heavy atom. The predicted octanol–water partition coefficient (Wildman–Crippen LogP) is 3.79. The topological polar surface area (TPSA) is 55.6 Å². The van der Waals surface area contributed by atoms with Crippen molar-refractivity contribution in [3.63, 3.8) is 0 Å². The maximum atomic E-state index is 14.1. The molecule has 0 spiro atoms. The third-order valence-electron chi connectivity index (χ3n) is 4.35. The smallest absolute Gasteiger partial charge is 0.231 e. The number of amides is 1.